The quantitative estimate of drug-likeness (QED) is 0.765. The first-order valence-corrected chi connectivity index (χ1v) is 8.10. The Bertz CT molecular complexity index is 637. The SMILES string of the molecule is CCCCN(C)Cc1nc(-c2ccc(N)cc2)c(C(=O)O)s1. The first-order valence-electron chi connectivity index (χ1n) is 7.28. The van der Waals surface area contributed by atoms with Crippen LogP contribution in [0.3, 0.4) is 0 Å². The fraction of sp³-hybridized carbons (Fsp3) is 0.375. The van der Waals surface area contributed by atoms with Crippen molar-refractivity contribution in [3.8, 4) is 11.3 Å². The zero-order valence-corrected chi connectivity index (χ0v) is 13.7. The number of hydrogen-bond donors (Lipinski definition) is 2. The van der Waals surface area contributed by atoms with E-state index in [1.54, 1.807) is 24.3 Å². The van der Waals surface area contributed by atoms with E-state index in [-0.39, 0.29) is 4.88 Å². The molecule has 0 aliphatic rings. The molecule has 2 aromatic rings. The van der Waals surface area contributed by atoms with E-state index in [1.165, 1.54) is 11.3 Å². The Morgan fingerprint density at radius 1 is 1.36 bits per heavy atom. The minimum Gasteiger partial charge on any atom is -0.477 e. The van der Waals surface area contributed by atoms with Gasteiger partial charge in [-0.05, 0) is 32.1 Å². The summed E-state index contributed by atoms with van der Waals surface area (Å²) in [5, 5.41) is 10.2. The number of carboxylic acid groups (broad SMARTS) is 1. The highest BCUT2D eigenvalue weighted by molar-refractivity contribution is 7.14. The number of benzene rings is 1. The normalized spacial score (nSPS) is 11.0. The molecule has 5 nitrogen and oxygen atoms in total. The fourth-order valence-electron chi connectivity index (χ4n) is 2.15. The smallest absolute Gasteiger partial charge is 0.348 e. The van der Waals surface area contributed by atoms with Crippen LogP contribution in [-0.2, 0) is 6.54 Å². The number of nitrogens with two attached hydrogens (primary N) is 1. The van der Waals surface area contributed by atoms with Crippen molar-refractivity contribution < 1.29 is 9.90 Å². The molecule has 1 aromatic heterocycles. The van der Waals surface area contributed by atoms with E-state index in [1.807, 2.05) is 7.05 Å². The molecule has 1 heterocycles. The molecular formula is C16H21N3O2S. The molecule has 22 heavy (non-hydrogen) atoms. The van der Waals surface area contributed by atoms with E-state index in [0.29, 0.717) is 17.9 Å². The number of aromatic nitrogens is 1. The molecule has 0 aliphatic carbocycles. The van der Waals surface area contributed by atoms with E-state index in [2.05, 4.69) is 16.8 Å². The Morgan fingerprint density at radius 3 is 2.64 bits per heavy atom. The van der Waals surface area contributed by atoms with Crippen LogP contribution in [0.5, 0.6) is 0 Å². The minimum absolute atomic E-state index is 0.281. The fourth-order valence-corrected chi connectivity index (χ4v) is 3.16. The number of rotatable bonds is 7. The molecule has 0 amide bonds. The molecule has 118 valence electrons. The van der Waals surface area contributed by atoms with Gasteiger partial charge >= 0.3 is 5.97 Å². The van der Waals surface area contributed by atoms with Gasteiger partial charge in [0.15, 0.2) is 0 Å². The summed E-state index contributed by atoms with van der Waals surface area (Å²) in [6.45, 7) is 3.80. The second-order valence-corrected chi connectivity index (χ2v) is 6.39. The van der Waals surface area contributed by atoms with Crippen LogP contribution in [0.15, 0.2) is 24.3 Å². The lowest BCUT2D eigenvalue weighted by Gasteiger charge is -2.13. The predicted molar refractivity (Wildman–Crippen MR) is 90.2 cm³/mol. The van der Waals surface area contributed by atoms with E-state index >= 15 is 0 Å². The first kappa shape index (κ1) is 16.5. The van der Waals surface area contributed by atoms with Crippen molar-refractivity contribution >= 4 is 23.0 Å². The number of nitrogens with zero attached hydrogens (tertiary/aromatic N) is 2. The summed E-state index contributed by atoms with van der Waals surface area (Å²) < 4.78 is 0. The third kappa shape index (κ3) is 4.05. The number of unbranched alkanes of at least 4 members (excludes halogenated alkanes) is 1. The van der Waals surface area contributed by atoms with Gasteiger partial charge in [-0.2, -0.15) is 0 Å². The zero-order chi connectivity index (χ0) is 16.1. The number of thiazole rings is 1. The maximum atomic E-state index is 11.5. The van der Waals surface area contributed by atoms with Crippen molar-refractivity contribution in [1.82, 2.24) is 9.88 Å². The van der Waals surface area contributed by atoms with Crippen LogP contribution in [0.4, 0.5) is 5.69 Å². The van der Waals surface area contributed by atoms with Crippen LogP contribution in [-0.4, -0.2) is 34.6 Å². The Hall–Kier alpha value is -1.92. The molecule has 3 N–H and O–H groups in total. The summed E-state index contributed by atoms with van der Waals surface area (Å²) in [5.41, 5.74) is 7.64. The van der Waals surface area contributed by atoms with E-state index in [9.17, 15) is 9.90 Å². The van der Waals surface area contributed by atoms with Crippen LogP contribution in [0.25, 0.3) is 11.3 Å². The summed E-state index contributed by atoms with van der Waals surface area (Å²) >= 11 is 1.24. The molecular weight excluding hydrogens is 298 g/mol. The molecule has 0 fully saturated rings. The Labute approximate surface area is 134 Å². The Morgan fingerprint density at radius 2 is 2.05 bits per heavy atom. The van der Waals surface area contributed by atoms with Crippen molar-refractivity contribution in [2.24, 2.45) is 0 Å². The average Bonchev–Trinajstić information content (AvgIpc) is 2.90. The lowest BCUT2D eigenvalue weighted by Crippen LogP contribution is -2.18. The van der Waals surface area contributed by atoms with Gasteiger partial charge in [0.2, 0.25) is 0 Å². The zero-order valence-electron chi connectivity index (χ0n) is 12.9. The van der Waals surface area contributed by atoms with Gasteiger partial charge < -0.3 is 10.8 Å². The highest BCUT2D eigenvalue weighted by Crippen LogP contribution is 2.29. The molecule has 0 aliphatic heterocycles. The van der Waals surface area contributed by atoms with Gasteiger partial charge in [-0.3, -0.25) is 4.90 Å². The molecule has 0 radical (unpaired) electrons. The third-order valence-corrected chi connectivity index (χ3v) is 4.38. The molecule has 0 atom stereocenters. The number of carboxylic acids is 1. The molecule has 0 saturated carbocycles. The molecule has 1 aromatic carbocycles. The summed E-state index contributed by atoms with van der Waals surface area (Å²) in [4.78, 5) is 18.4. The second kappa shape index (κ2) is 7.38. The number of nitrogen functional groups attached to an aromatic ring is 1. The molecule has 0 spiro atoms. The van der Waals surface area contributed by atoms with E-state index in [4.69, 9.17) is 5.73 Å². The second-order valence-electron chi connectivity index (χ2n) is 5.30. The number of hydrogen-bond acceptors (Lipinski definition) is 5. The molecule has 0 saturated heterocycles. The number of aromatic carboxylic acids is 1. The molecule has 6 heteroatoms. The Kier molecular flexibility index (Phi) is 5.51. The van der Waals surface area contributed by atoms with Crippen molar-refractivity contribution in [1.29, 1.82) is 0 Å². The van der Waals surface area contributed by atoms with Crippen LogP contribution in [0, 0.1) is 0 Å². The monoisotopic (exact) mass is 319 g/mol. The molecule has 2 rings (SSSR count). The van der Waals surface area contributed by atoms with Gasteiger partial charge in [0.1, 0.15) is 9.88 Å². The van der Waals surface area contributed by atoms with Gasteiger partial charge in [0, 0.05) is 11.3 Å². The van der Waals surface area contributed by atoms with Crippen LogP contribution in [0.1, 0.15) is 34.4 Å². The van der Waals surface area contributed by atoms with Crippen molar-refractivity contribution in [2.75, 3.05) is 19.3 Å². The molecule has 0 bridgehead atoms. The van der Waals surface area contributed by atoms with Gasteiger partial charge in [-0.15, -0.1) is 11.3 Å². The summed E-state index contributed by atoms with van der Waals surface area (Å²) in [6.07, 6.45) is 2.26. The van der Waals surface area contributed by atoms with Gasteiger partial charge in [-0.1, -0.05) is 25.5 Å². The summed E-state index contributed by atoms with van der Waals surface area (Å²) in [6, 6.07) is 7.13. The number of anilines is 1. The average molecular weight is 319 g/mol. The first-order chi connectivity index (χ1) is 10.5. The topological polar surface area (TPSA) is 79.5 Å². The summed E-state index contributed by atoms with van der Waals surface area (Å²) in [7, 11) is 2.03. The Balaban J connectivity index is 2.26. The van der Waals surface area contributed by atoms with Gasteiger partial charge in [-0.25, -0.2) is 9.78 Å². The highest BCUT2D eigenvalue weighted by atomic mass is 32.1. The van der Waals surface area contributed by atoms with Crippen molar-refractivity contribution in [2.45, 2.75) is 26.3 Å². The van der Waals surface area contributed by atoms with Crippen molar-refractivity contribution in [3.63, 3.8) is 0 Å². The van der Waals surface area contributed by atoms with E-state index in [0.717, 1.165) is 30.0 Å². The van der Waals surface area contributed by atoms with Gasteiger partial charge in [0.05, 0.1) is 12.2 Å². The lowest BCUT2D eigenvalue weighted by molar-refractivity contribution is 0.0702. The minimum atomic E-state index is -0.938. The van der Waals surface area contributed by atoms with Gasteiger partial charge in [0.25, 0.3) is 0 Å². The van der Waals surface area contributed by atoms with Crippen LogP contribution in [0.2, 0.25) is 0 Å². The van der Waals surface area contributed by atoms with Crippen LogP contribution < -0.4 is 5.73 Å². The van der Waals surface area contributed by atoms with E-state index < -0.39 is 5.97 Å². The largest absolute Gasteiger partial charge is 0.477 e. The standard InChI is InChI=1S/C16H21N3O2S/c1-3-4-9-19(2)10-13-18-14(15(22-13)16(20)21)11-5-7-12(17)8-6-11/h5-8H,3-4,9-10,17H2,1-2H3,(H,20,21). The number of carbonyl (C=O) groups is 1. The predicted octanol–water partition coefficient (Wildman–Crippen LogP) is 3.32. The maximum absolute atomic E-state index is 11.5. The highest BCUT2D eigenvalue weighted by Gasteiger charge is 2.19. The molecule has 0 unspecified atom stereocenters. The van der Waals surface area contributed by atoms with Crippen LogP contribution >= 0.6 is 11.3 Å². The lowest BCUT2D eigenvalue weighted by atomic mass is 10.1. The summed E-state index contributed by atoms with van der Waals surface area (Å²) in [5.74, 6) is -0.938. The third-order valence-electron chi connectivity index (χ3n) is 3.35. The maximum Gasteiger partial charge on any atom is 0.348 e. The van der Waals surface area contributed by atoms with Crippen molar-refractivity contribution in [3.05, 3.63) is 34.2 Å².